The Balaban J connectivity index is 1.56. The van der Waals surface area contributed by atoms with Gasteiger partial charge in [0.25, 0.3) is 0 Å². The molecule has 0 aliphatic rings. The van der Waals surface area contributed by atoms with Crippen LogP contribution in [0.5, 0.6) is 0 Å². The van der Waals surface area contributed by atoms with E-state index in [0.29, 0.717) is 5.69 Å². The number of pyridine rings is 1. The van der Waals surface area contributed by atoms with Crippen molar-refractivity contribution in [1.29, 1.82) is 0 Å². The van der Waals surface area contributed by atoms with Crippen LogP contribution in [-0.2, 0) is 6.54 Å². The predicted octanol–water partition coefficient (Wildman–Crippen LogP) is 4.57. The third kappa shape index (κ3) is 4.68. The van der Waals surface area contributed by atoms with Gasteiger partial charge in [-0.05, 0) is 36.8 Å². The molecular formula is C21H19F3N6O. The van der Waals surface area contributed by atoms with Gasteiger partial charge in [-0.1, -0.05) is 12.1 Å². The maximum absolute atomic E-state index is 12.3. The number of halogens is 3. The first-order valence-electron chi connectivity index (χ1n) is 9.54. The van der Waals surface area contributed by atoms with E-state index in [4.69, 9.17) is 0 Å². The second-order valence-corrected chi connectivity index (χ2v) is 6.88. The number of nitrogens with zero attached hydrogens (tertiary/aromatic N) is 4. The van der Waals surface area contributed by atoms with Crippen LogP contribution < -0.4 is 10.6 Å². The zero-order valence-electron chi connectivity index (χ0n) is 16.5. The molecule has 4 aromatic rings. The van der Waals surface area contributed by atoms with Gasteiger partial charge in [-0.3, -0.25) is 9.08 Å². The smallest absolute Gasteiger partial charge is 0.329 e. The molecular weight excluding hydrogens is 409 g/mol. The number of nitrogens with one attached hydrogen (secondary N) is 2. The molecule has 0 saturated heterocycles. The van der Waals surface area contributed by atoms with E-state index >= 15 is 0 Å². The Morgan fingerprint density at radius 1 is 1.10 bits per heavy atom. The molecule has 3 heterocycles. The van der Waals surface area contributed by atoms with Gasteiger partial charge in [-0.25, -0.2) is 9.78 Å². The lowest BCUT2D eigenvalue weighted by Crippen LogP contribution is -2.36. The van der Waals surface area contributed by atoms with Crippen LogP contribution in [0.1, 0.15) is 6.92 Å². The molecule has 0 aliphatic heterocycles. The first-order valence-corrected chi connectivity index (χ1v) is 9.54. The van der Waals surface area contributed by atoms with Crippen molar-refractivity contribution in [2.75, 3.05) is 11.9 Å². The number of imidazole rings is 1. The lowest BCUT2D eigenvalue weighted by atomic mass is 10.1. The van der Waals surface area contributed by atoms with Crippen LogP contribution in [0.15, 0.2) is 61.2 Å². The fourth-order valence-electron chi connectivity index (χ4n) is 3.17. The number of hydrogen-bond acceptors (Lipinski definition) is 3. The van der Waals surface area contributed by atoms with Crippen molar-refractivity contribution in [2.24, 2.45) is 0 Å². The highest BCUT2D eigenvalue weighted by Gasteiger charge is 2.27. The third-order valence-corrected chi connectivity index (χ3v) is 4.67. The molecule has 0 radical (unpaired) electrons. The summed E-state index contributed by atoms with van der Waals surface area (Å²) < 4.78 is 40.5. The number of rotatable bonds is 5. The summed E-state index contributed by atoms with van der Waals surface area (Å²) in [5.74, 6) is 0. The van der Waals surface area contributed by atoms with Crippen molar-refractivity contribution in [3.63, 3.8) is 0 Å². The molecule has 0 bridgehead atoms. The maximum atomic E-state index is 12.3. The average molecular weight is 428 g/mol. The number of anilines is 1. The molecule has 1 aromatic carbocycles. The van der Waals surface area contributed by atoms with Crippen molar-refractivity contribution in [2.45, 2.75) is 19.6 Å². The van der Waals surface area contributed by atoms with Crippen LogP contribution in [0.2, 0.25) is 0 Å². The summed E-state index contributed by atoms with van der Waals surface area (Å²) in [6.45, 7) is 1.41. The molecule has 4 rings (SSSR count). The standard InChI is InChI=1S/C21H19F3N6O/c1-2-29-12-16(10-27-29)14-6-7-30-18(11-25-19(30)9-14)15-4-3-5-17(8-15)28-20(31)26-13-21(22,23)24/h3-12H,2,13H2,1H3,(H2,26,28,31). The second kappa shape index (κ2) is 8.13. The van der Waals surface area contributed by atoms with Crippen LogP contribution in [0.3, 0.4) is 0 Å². The lowest BCUT2D eigenvalue weighted by Gasteiger charge is -2.11. The molecule has 0 aliphatic carbocycles. The molecule has 160 valence electrons. The Labute approximate surface area is 175 Å². The van der Waals surface area contributed by atoms with Crippen LogP contribution >= 0.6 is 0 Å². The van der Waals surface area contributed by atoms with E-state index in [2.05, 4.69) is 15.4 Å². The molecule has 10 heteroatoms. The molecule has 7 nitrogen and oxygen atoms in total. The van der Waals surface area contributed by atoms with Gasteiger partial charge in [0.05, 0.1) is 18.1 Å². The first-order chi connectivity index (χ1) is 14.8. The van der Waals surface area contributed by atoms with Crippen molar-refractivity contribution in [3.05, 3.63) is 61.2 Å². The van der Waals surface area contributed by atoms with Crippen molar-refractivity contribution in [3.8, 4) is 22.4 Å². The summed E-state index contributed by atoms with van der Waals surface area (Å²) in [4.78, 5) is 16.2. The Morgan fingerprint density at radius 2 is 1.94 bits per heavy atom. The number of carbonyl (C=O) groups is 1. The normalized spacial score (nSPS) is 11.6. The summed E-state index contributed by atoms with van der Waals surface area (Å²) in [7, 11) is 0. The van der Waals surface area contributed by atoms with Gasteiger partial charge in [0.15, 0.2) is 0 Å². The second-order valence-electron chi connectivity index (χ2n) is 6.88. The zero-order valence-corrected chi connectivity index (χ0v) is 16.5. The van der Waals surface area contributed by atoms with E-state index in [-0.39, 0.29) is 0 Å². The molecule has 0 atom stereocenters. The summed E-state index contributed by atoms with van der Waals surface area (Å²) in [5, 5.41) is 8.49. The minimum atomic E-state index is -4.47. The maximum Gasteiger partial charge on any atom is 0.405 e. The minimum absolute atomic E-state index is 0.371. The highest BCUT2D eigenvalue weighted by atomic mass is 19.4. The number of urea groups is 1. The van der Waals surface area contributed by atoms with E-state index in [1.54, 1.807) is 35.9 Å². The zero-order chi connectivity index (χ0) is 22.0. The SMILES string of the molecule is CCn1cc(-c2ccn3c(-c4cccc(NC(=O)NCC(F)(F)F)c4)cnc3c2)cn1. The van der Waals surface area contributed by atoms with Gasteiger partial charge in [-0.2, -0.15) is 18.3 Å². The summed E-state index contributed by atoms with van der Waals surface area (Å²) in [5.41, 5.74) is 4.62. The van der Waals surface area contributed by atoms with Gasteiger partial charge >= 0.3 is 12.2 Å². The molecule has 0 unspecified atom stereocenters. The van der Waals surface area contributed by atoms with Gasteiger partial charge < -0.3 is 10.6 Å². The monoisotopic (exact) mass is 428 g/mol. The van der Waals surface area contributed by atoms with Crippen LogP contribution in [0, 0.1) is 0 Å². The van der Waals surface area contributed by atoms with E-state index in [0.717, 1.165) is 34.6 Å². The number of fused-ring (bicyclic) bond motifs is 1. The first kappa shape index (κ1) is 20.5. The molecule has 0 saturated carbocycles. The van der Waals surface area contributed by atoms with E-state index in [9.17, 15) is 18.0 Å². The van der Waals surface area contributed by atoms with Crippen molar-refractivity contribution < 1.29 is 18.0 Å². The Kier molecular flexibility index (Phi) is 5.37. The Bertz CT molecular complexity index is 1230. The number of aryl methyl sites for hydroxylation is 1. The highest BCUT2D eigenvalue weighted by Crippen LogP contribution is 2.26. The number of amides is 2. The third-order valence-electron chi connectivity index (χ3n) is 4.67. The summed E-state index contributed by atoms with van der Waals surface area (Å²) in [6, 6.07) is 9.81. The van der Waals surface area contributed by atoms with Crippen LogP contribution in [0.25, 0.3) is 28.0 Å². The van der Waals surface area contributed by atoms with Gasteiger partial charge in [0, 0.05) is 35.8 Å². The molecule has 2 amide bonds. The number of alkyl halides is 3. The fraction of sp³-hybridized carbons (Fsp3) is 0.190. The van der Waals surface area contributed by atoms with Crippen molar-refractivity contribution >= 4 is 17.4 Å². The quantitative estimate of drug-likeness (QED) is 0.489. The van der Waals surface area contributed by atoms with Crippen LogP contribution in [0.4, 0.5) is 23.7 Å². The van der Waals surface area contributed by atoms with Gasteiger partial charge in [0.2, 0.25) is 0 Å². The molecule has 0 spiro atoms. The molecule has 0 fully saturated rings. The van der Waals surface area contributed by atoms with Crippen LogP contribution in [-0.4, -0.2) is 37.9 Å². The summed E-state index contributed by atoms with van der Waals surface area (Å²) >= 11 is 0. The Morgan fingerprint density at radius 3 is 2.68 bits per heavy atom. The van der Waals surface area contributed by atoms with Gasteiger partial charge in [0.1, 0.15) is 12.2 Å². The number of carbonyl (C=O) groups excluding carboxylic acids is 1. The van der Waals surface area contributed by atoms with E-state index < -0.39 is 18.8 Å². The van der Waals surface area contributed by atoms with E-state index in [1.807, 2.05) is 46.6 Å². The number of hydrogen-bond donors (Lipinski definition) is 2. The predicted molar refractivity (Wildman–Crippen MR) is 111 cm³/mol. The topological polar surface area (TPSA) is 76.2 Å². The number of aromatic nitrogens is 4. The minimum Gasteiger partial charge on any atom is -0.329 e. The fourth-order valence-corrected chi connectivity index (χ4v) is 3.17. The molecule has 3 aromatic heterocycles. The van der Waals surface area contributed by atoms with Crippen molar-refractivity contribution in [1.82, 2.24) is 24.5 Å². The largest absolute Gasteiger partial charge is 0.405 e. The molecule has 2 N–H and O–H groups in total. The van der Waals surface area contributed by atoms with Gasteiger partial charge in [-0.15, -0.1) is 0 Å². The average Bonchev–Trinajstić information content (AvgIpc) is 3.38. The van der Waals surface area contributed by atoms with E-state index in [1.165, 1.54) is 0 Å². The highest BCUT2D eigenvalue weighted by molar-refractivity contribution is 5.90. The number of benzene rings is 1. The Hall–Kier alpha value is -3.82. The summed E-state index contributed by atoms with van der Waals surface area (Å²) in [6.07, 6.45) is 2.90. The molecule has 31 heavy (non-hydrogen) atoms. The lowest BCUT2D eigenvalue weighted by molar-refractivity contribution is -0.122.